The number of fused-ring (bicyclic) bond motifs is 1. The van der Waals surface area contributed by atoms with Gasteiger partial charge in [0.1, 0.15) is 0 Å². The van der Waals surface area contributed by atoms with Crippen LogP contribution in [0.15, 0.2) is 176 Å². The van der Waals surface area contributed by atoms with Crippen molar-refractivity contribution in [3.05, 3.63) is 181 Å². The minimum absolute atomic E-state index is 0.0524. The lowest BCUT2D eigenvalue weighted by molar-refractivity contribution is 0.815. The lowest BCUT2D eigenvalue weighted by Gasteiger charge is -2.36. The zero-order chi connectivity index (χ0) is 30.6. The number of hydrogen-bond donors (Lipinski definition) is 1. The fourth-order valence-electron chi connectivity index (χ4n) is 6.18. The third-order valence-electron chi connectivity index (χ3n) is 8.65. The SMILES string of the molecule is C/C1=C\C=C(\Nc2ccc(-c3ccccc3)cc2)C(C)N(c2ccccc2)c2ccc(-c3cccc(-c4ccccc4)c3)cc21. The Labute approximate surface area is 266 Å². The molecule has 1 aliphatic rings. The molecule has 2 heteroatoms. The van der Waals surface area contributed by atoms with Gasteiger partial charge >= 0.3 is 0 Å². The molecular weight excluding hydrogens is 544 g/mol. The standard InChI is InChI=1S/C43H36N2/c1-31-21-27-42(44-39-25-22-35(23-26-39)33-13-6-3-7-14-33)32(2)45(40-19-10-5-11-20-40)43-28-24-38(30-41(31)43)37-18-12-17-36(29-37)34-15-8-4-9-16-34/h3-30,32,44H,1-2H3/b31-21+,42-27+. The lowest BCUT2D eigenvalue weighted by atomic mass is 9.93. The van der Waals surface area contributed by atoms with E-state index < -0.39 is 0 Å². The molecule has 0 bridgehead atoms. The molecule has 0 saturated carbocycles. The molecule has 0 amide bonds. The summed E-state index contributed by atoms with van der Waals surface area (Å²) in [4.78, 5) is 2.45. The number of nitrogens with one attached hydrogen (secondary N) is 1. The molecule has 218 valence electrons. The second-order valence-corrected chi connectivity index (χ2v) is 11.6. The first kappa shape index (κ1) is 28.2. The highest BCUT2D eigenvalue weighted by Crippen LogP contribution is 2.40. The molecule has 6 aromatic carbocycles. The highest BCUT2D eigenvalue weighted by molar-refractivity contribution is 5.86. The van der Waals surface area contributed by atoms with E-state index in [0.717, 1.165) is 17.1 Å². The van der Waals surface area contributed by atoms with Crippen LogP contribution in [0.25, 0.3) is 39.0 Å². The van der Waals surface area contributed by atoms with E-state index in [-0.39, 0.29) is 6.04 Å². The van der Waals surface area contributed by atoms with Gasteiger partial charge in [-0.1, -0.05) is 121 Å². The van der Waals surface area contributed by atoms with E-state index in [0.29, 0.717) is 0 Å². The summed E-state index contributed by atoms with van der Waals surface area (Å²) < 4.78 is 0. The molecule has 1 atom stereocenters. The van der Waals surface area contributed by atoms with Crippen molar-refractivity contribution in [3.8, 4) is 33.4 Å². The molecule has 0 radical (unpaired) electrons. The van der Waals surface area contributed by atoms with Crippen LogP contribution in [0.1, 0.15) is 19.4 Å². The maximum Gasteiger partial charge on any atom is 0.0712 e. The summed E-state index contributed by atoms with van der Waals surface area (Å²) in [6, 6.07) is 56.3. The molecule has 2 nitrogen and oxygen atoms in total. The molecule has 0 spiro atoms. The maximum atomic E-state index is 3.76. The van der Waals surface area contributed by atoms with Crippen molar-refractivity contribution in [2.75, 3.05) is 10.2 Å². The average Bonchev–Trinajstić information content (AvgIpc) is 3.11. The predicted octanol–water partition coefficient (Wildman–Crippen LogP) is 11.6. The number of benzene rings is 6. The molecule has 1 unspecified atom stereocenters. The molecule has 7 rings (SSSR count). The highest BCUT2D eigenvalue weighted by Gasteiger charge is 2.25. The zero-order valence-corrected chi connectivity index (χ0v) is 25.7. The Morgan fingerprint density at radius 1 is 0.489 bits per heavy atom. The normalized spacial score (nSPS) is 16.8. The van der Waals surface area contributed by atoms with E-state index in [1.165, 1.54) is 50.2 Å². The number of para-hydroxylation sites is 1. The second-order valence-electron chi connectivity index (χ2n) is 11.6. The molecule has 0 saturated heterocycles. The summed E-state index contributed by atoms with van der Waals surface area (Å²) in [6.45, 7) is 4.49. The molecule has 6 aromatic rings. The molecule has 45 heavy (non-hydrogen) atoms. The Morgan fingerprint density at radius 2 is 1.00 bits per heavy atom. The van der Waals surface area contributed by atoms with E-state index >= 15 is 0 Å². The van der Waals surface area contributed by atoms with E-state index in [9.17, 15) is 0 Å². The first-order valence-electron chi connectivity index (χ1n) is 15.6. The average molecular weight is 581 g/mol. The van der Waals surface area contributed by atoms with Crippen molar-refractivity contribution in [2.24, 2.45) is 0 Å². The van der Waals surface area contributed by atoms with Crippen molar-refractivity contribution in [2.45, 2.75) is 19.9 Å². The molecule has 0 aliphatic carbocycles. The first-order valence-corrected chi connectivity index (χ1v) is 15.6. The van der Waals surface area contributed by atoms with E-state index in [1.807, 2.05) is 0 Å². The van der Waals surface area contributed by atoms with Crippen molar-refractivity contribution < 1.29 is 0 Å². The van der Waals surface area contributed by atoms with Crippen LogP contribution < -0.4 is 10.2 Å². The minimum Gasteiger partial charge on any atom is -0.357 e. The summed E-state index contributed by atoms with van der Waals surface area (Å²) in [6.07, 6.45) is 4.50. The summed E-state index contributed by atoms with van der Waals surface area (Å²) in [5.41, 5.74) is 14.3. The summed E-state index contributed by atoms with van der Waals surface area (Å²) >= 11 is 0. The van der Waals surface area contributed by atoms with Gasteiger partial charge < -0.3 is 10.2 Å². The van der Waals surface area contributed by atoms with Gasteiger partial charge in [-0.25, -0.2) is 0 Å². The number of hydrogen-bond acceptors (Lipinski definition) is 2. The molecule has 1 aliphatic heterocycles. The van der Waals surface area contributed by atoms with Crippen LogP contribution in [-0.2, 0) is 0 Å². The van der Waals surface area contributed by atoms with Crippen LogP contribution in [0.5, 0.6) is 0 Å². The van der Waals surface area contributed by atoms with Crippen LogP contribution in [-0.4, -0.2) is 6.04 Å². The van der Waals surface area contributed by atoms with Crippen molar-refractivity contribution >= 4 is 22.6 Å². The van der Waals surface area contributed by atoms with Gasteiger partial charge in [-0.2, -0.15) is 0 Å². The molecule has 0 fully saturated rings. The topological polar surface area (TPSA) is 15.3 Å². The lowest BCUT2D eigenvalue weighted by Crippen LogP contribution is -2.34. The molecule has 1 heterocycles. The molecule has 0 aromatic heterocycles. The monoisotopic (exact) mass is 580 g/mol. The Bertz CT molecular complexity index is 1970. The highest BCUT2D eigenvalue weighted by atomic mass is 15.2. The number of rotatable bonds is 6. The summed E-state index contributed by atoms with van der Waals surface area (Å²) in [7, 11) is 0. The van der Waals surface area contributed by atoms with Gasteiger partial charge in [-0.05, 0) is 101 Å². The predicted molar refractivity (Wildman–Crippen MR) is 193 cm³/mol. The Kier molecular flexibility index (Phi) is 7.87. The third-order valence-corrected chi connectivity index (χ3v) is 8.65. The number of allylic oxidation sites excluding steroid dienone is 3. The van der Waals surface area contributed by atoms with Crippen LogP contribution >= 0.6 is 0 Å². The van der Waals surface area contributed by atoms with Crippen LogP contribution in [0.4, 0.5) is 17.1 Å². The fourth-order valence-corrected chi connectivity index (χ4v) is 6.18. The van der Waals surface area contributed by atoms with E-state index in [4.69, 9.17) is 0 Å². The van der Waals surface area contributed by atoms with Gasteiger partial charge in [0.25, 0.3) is 0 Å². The quantitative estimate of drug-likeness (QED) is 0.211. The Balaban J connectivity index is 1.27. The molecular formula is C43H36N2. The van der Waals surface area contributed by atoms with Crippen LogP contribution in [0.2, 0.25) is 0 Å². The van der Waals surface area contributed by atoms with Gasteiger partial charge in [0.15, 0.2) is 0 Å². The fraction of sp³-hybridized carbons (Fsp3) is 0.0698. The van der Waals surface area contributed by atoms with Gasteiger partial charge in [-0.3, -0.25) is 0 Å². The van der Waals surface area contributed by atoms with E-state index in [1.54, 1.807) is 0 Å². The van der Waals surface area contributed by atoms with Crippen LogP contribution in [0, 0.1) is 0 Å². The summed E-state index contributed by atoms with van der Waals surface area (Å²) in [5, 5.41) is 3.76. The third kappa shape index (κ3) is 5.96. The number of anilines is 3. The zero-order valence-electron chi connectivity index (χ0n) is 25.7. The van der Waals surface area contributed by atoms with Gasteiger partial charge in [0.2, 0.25) is 0 Å². The number of nitrogens with zero attached hydrogens (tertiary/aromatic N) is 1. The smallest absolute Gasteiger partial charge is 0.0712 e. The van der Waals surface area contributed by atoms with E-state index in [2.05, 4.69) is 194 Å². The molecule has 1 N–H and O–H groups in total. The Hall–Kier alpha value is -5.60. The second kappa shape index (κ2) is 12.6. The van der Waals surface area contributed by atoms with Gasteiger partial charge in [0.05, 0.1) is 6.04 Å². The van der Waals surface area contributed by atoms with Crippen molar-refractivity contribution in [1.82, 2.24) is 0 Å². The maximum absolute atomic E-state index is 3.76. The van der Waals surface area contributed by atoms with Gasteiger partial charge in [0, 0.05) is 28.3 Å². The van der Waals surface area contributed by atoms with Gasteiger partial charge in [-0.15, -0.1) is 0 Å². The van der Waals surface area contributed by atoms with Crippen molar-refractivity contribution in [1.29, 1.82) is 0 Å². The first-order chi connectivity index (χ1) is 22.1. The minimum atomic E-state index is 0.0524. The Morgan fingerprint density at radius 3 is 1.67 bits per heavy atom. The largest absolute Gasteiger partial charge is 0.357 e. The van der Waals surface area contributed by atoms with Crippen molar-refractivity contribution in [3.63, 3.8) is 0 Å². The summed E-state index contributed by atoms with van der Waals surface area (Å²) in [5.74, 6) is 0. The van der Waals surface area contributed by atoms with Crippen LogP contribution in [0.3, 0.4) is 0 Å².